The number of amides is 1. The molecular formula is C12H17ClN2O3. The number of carbonyl (C=O) groups excluding carboxylic acids is 1. The molecule has 0 spiro atoms. The summed E-state index contributed by atoms with van der Waals surface area (Å²) < 4.78 is 0. The fraction of sp³-hybridized carbons (Fsp3) is 0.500. The number of aromatic nitrogens is 1. The summed E-state index contributed by atoms with van der Waals surface area (Å²) in [4.78, 5) is 27.1. The van der Waals surface area contributed by atoms with Crippen molar-refractivity contribution in [2.45, 2.75) is 32.7 Å². The Morgan fingerprint density at radius 2 is 2.17 bits per heavy atom. The highest BCUT2D eigenvalue weighted by Gasteiger charge is 2.19. The normalized spacial score (nSPS) is 10.7. The van der Waals surface area contributed by atoms with Crippen LogP contribution in [0.15, 0.2) is 12.3 Å². The van der Waals surface area contributed by atoms with Gasteiger partial charge in [0.05, 0.1) is 5.02 Å². The summed E-state index contributed by atoms with van der Waals surface area (Å²) >= 11 is 5.75. The number of nitrogens with zero attached hydrogens (tertiary/aromatic N) is 1. The molecule has 0 radical (unpaired) electrons. The van der Waals surface area contributed by atoms with Gasteiger partial charge < -0.3 is 15.0 Å². The third-order valence-electron chi connectivity index (χ3n) is 2.55. The van der Waals surface area contributed by atoms with Crippen molar-refractivity contribution in [3.63, 3.8) is 0 Å². The van der Waals surface area contributed by atoms with Gasteiger partial charge in [0.1, 0.15) is 5.69 Å². The maximum atomic E-state index is 12.2. The van der Waals surface area contributed by atoms with E-state index in [1.807, 2.05) is 13.8 Å². The van der Waals surface area contributed by atoms with Crippen LogP contribution in [0.4, 0.5) is 0 Å². The van der Waals surface area contributed by atoms with Crippen molar-refractivity contribution >= 4 is 23.5 Å². The predicted octanol–water partition coefficient (Wildman–Crippen LogP) is 2.38. The van der Waals surface area contributed by atoms with E-state index in [9.17, 15) is 9.59 Å². The summed E-state index contributed by atoms with van der Waals surface area (Å²) in [6.07, 6.45) is 2.04. The van der Waals surface area contributed by atoms with E-state index in [0.29, 0.717) is 23.7 Å². The van der Waals surface area contributed by atoms with Crippen LogP contribution in [0.25, 0.3) is 0 Å². The number of aromatic amines is 1. The Bertz CT molecular complexity index is 429. The van der Waals surface area contributed by atoms with Crippen LogP contribution in [0.5, 0.6) is 0 Å². The maximum absolute atomic E-state index is 12.2. The fourth-order valence-corrected chi connectivity index (χ4v) is 1.80. The van der Waals surface area contributed by atoms with Crippen LogP contribution in [0, 0.1) is 0 Å². The standard InChI is InChI=1S/C12H17ClN2O3/c1-8(2)15(5-3-4-11(16)17)12(18)10-6-9(13)7-14-10/h6-8,14H,3-5H2,1-2H3,(H,16,17). The molecule has 1 aromatic rings. The largest absolute Gasteiger partial charge is 0.481 e. The van der Waals surface area contributed by atoms with Gasteiger partial charge in [0.25, 0.3) is 5.91 Å². The van der Waals surface area contributed by atoms with E-state index in [1.165, 1.54) is 0 Å². The number of hydrogen-bond acceptors (Lipinski definition) is 2. The molecule has 1 rings (SSSR count). The minimum atomic E-state index is -0.853. The number of nitrogens with one attached hydrogen (secondary N) is 1. The van der Waals surface area contributed by atoms with Crippen LogP contribution in [0.2, 0.25) is 5.02 Å². The SMILES string of the molecule is CC(C)N(CCCC(=O)O)C(=O)c1cc(Cl)c[nH]1. The van der Waals surface area contributed by atoms with Crippen LogP contribution in [0.3, 0.4) is 0 Å². The smallest absolute Gasteiger partial charge is 0.303 e. The Hall–Kier alpha value is -1.49. The van der Waals surface area contributed by atoms with Gasteiger partial charge in [-0.05, 0) is 26.3 Å². The molecule has 0 unspecified atom stereocenters. The lowest BCUT2D eigenvalue weighted by atomic mass is 10.2. The van der Waals surface area contributed by atoms with Crippen molar-refractivity contribution in [3.05, 3.63) is 23.0 Å². The van der Waals surface area contributed by atoms with Crippen LogP contribution < -0.4 is 0 Å². The van der Waals surface area contributed by atoms with Gasteiger partial charge in [-0.25, -0.2) is 0 Å². The minimum Gasteiger partial charge on any atom is -0.481 e. The van der Waals surface area contributed by atoms with E-state index in [0.717, 1.165) is 0 Å². The second kappa shape index (κ2) is 6.44. The van der Waals surface area contributed by atoms with E-state index in [2.05, 4.69) is 4.98 Å². The fourth-order valence-electron chi connectivity index (χ4n) is 1.64. The first kappa shape index (κ1) is 14.6. The number of H-pyrrole nitrogens is 1. The Morgan fingerprint density at radius 1 is 1.50 bits per heavy atom. The molecule has 0 saturated heterocycles. The first-order valence-corrected chi connectivity index (χ1v) is 6.16. The molecule has 1 heterocycles. The lowest BCUT2D eigenvalue weighted by Gasteiger charge is -2.26. The summed E-state index contributed by atoms with van der Waals surface area (Å²) in [5.74, 6) is -1.02. The Balaban J connectivity index is 2.67. The molecule has 0 aromatic carbocycles. The van der Waals surface area contributed by atoms with Crippen LogP contribution in [-0.2, 0) is 4.79 Å². The van der Waals surface area contributed by atoms with Crippen molar-refractivity contribution in [1.29, 1.82) is 0 Å². The number of carbonyl (C=O) groups is 2. The summed E-state index contributed by atoms with van der Waals surface area (Å²) in [6, 6.07) is 1.57. The highest BCUT2D eigenvalue weighted by atomic mass is 35.5. The molecule has 6 heteroatoms. The third-order valence-corrected chi connectivity index (χ3v) is 2.77. The van der Waals surface area contributed by atoms with Gasteiger partial charge in [0.15, 0.2) is 0 Å². The zero-order chi connectivity index (χ0) is 13.7. The van der Waals surface area contributed by atoms with E-state index < -0.39 is 5.97 Å². The number of carboxylic acids is 1. The molecule has 100 valence electrons. The quantitative estimate of drug-likeness (QED) is 0.835. The highest BCUT2D eigenvalue weighted by Crippen LogP contribution is 2.13. The molecule has 0 saturated carbocycles. The Kier molecular flexibility index (Phi) is 5.22. The molecule has 0 aliphatic carbocycles. The van der Waals surface area contributed by atoms with Crippen LogP contribution in [0.1, 0.15) is 37.2 Å². The molecule has 2 N–H and O–H groups in total. The maximum Gasteiger partial charge on any atom is 0.303 e. The highest BCUT2D eigenvalue weighted by molar-refractivity contribution is 6.30. The Morgan fingerprint density at radius 3 is 2.61 bits per heavy atom. The number of halogens is 1. The van der Waals surface area contributed by atoms with Crippen molar-refractivity contribution in [3.8, 4) is 0 Å². The van der Waals surface area contributed by atoms with Gasteiger partial charge in [-0.15, -0.1) is 0 Å². The average Bonchev–Trinajstić information content (AvgIpc) is 2.69. The summed E-state index contributed by atoms with van der Waals surface area (Å²) in [6.45, 7) is 4.20. The van der Waals surface area contributed by atoms with Crippen LogP contribution >= 0.6 is 11.6 Å². The van der Waals surface area contributed by atoms with Crippen LogP contribution in [-0.4, -0.2) is 39.5 Å². The predicted molar refractivity (Wildman–Crippen MR) is 68.8 cm³/mol. The molecule has 0 aliphatic rings. The minimum absolute atomic E-state index is 0.00775. The summed E-state index contributed by atoms with van der Waals surface area (Å²) in [5.41, 5.74) is 0.420. The zero-order valence-corrected chi connectivity index (χ0v) is 11.2. The number of hydrogen-bond donors (Lipinski definition) is 2. The summed E-state index contributed by atoms with van der Waals surface area (Å²) in [5, 5.41) is 9.08. The lowest BCUT2D eigenvalue weighted by molar-refractivity contribution is -0.137. The molecule has 18 heavy (non-hydrogen) atoms. The number of rotatable bonds is 6. The topological polar surface area (TPSA) is 73.4 Å². The monoisotopic (exact) mass is 272 g/mol. The van der Waals surface area contributed by atoms with E-state index >= 15 is 0 Å². The molecule has 1 amide bonds. The Labute approximate surface area is 111 Å². The van der Waals surface area contributed by atoms with Gasteiger partial charge in [-0.3, -0.25) is 9.59 Å². The molecule has 0 aliphatic heterocycles. The summed E-state index contributed by atoms with van der Waals surface area (Å²) in [7, 11) is 0. The number of carboxylic acid groups (broad SMARTS) is 1. The van der Waals surface area contributed by atoms with E-state index in [4.69, 9.17) is 16.7 Å². The molecule has 0 atom stereocenters. The van der Waals surface area contributed by atoms with Gasteiger partial charge in [-0.2, -0.15) is 0 Å². The van der Waals surface area contributed by atoms with Crippen molar-refractivity contribution in [2.75, 3.05) is 6.54 Å². The van der Waals surface area contributed by atoms with Gasteiger partial charge >= 0.3 is 5.97 Å². The molecule has 0 bridgehead atoms. The average molecular weight is 273 g/mol. The van der Waals surface area contributed by atoms with Gasteiger partial charge in [-0.1, -0.05) is 11.6 Å². The zero-order valence-electron chi connectivity index (χ0n) is 10.4. The van der Waals surface area contributed by atoms with Crippen molar-refractivity contribution in [2.24, 2.45) is 0 Å². The van der Waals surface area contributed by atoms with E-state index in [1.54, 1.807) is 17.2 Å². The second-order valence-corrected chi connectivity index (χ2v) is 4.76. The first-order valence-electron chi connectivity index (χ1n) is 5.78. The molecule has 0 fully saturated rings. The van der Waals surface area contributed by atoms with E-state index in [-0.39, 0.29) is 18.4 Å². The lowest BCUT2D eigenvalue weighted by Crippen LogP contribution is -2.38. The molecule has 1 aromatic heterocycles. The first-order chi connectivity index (χ1) is 8.41. The van der Waals surface area contributed by atoms with Gasteiger partial charge in [0.2, 0.25) is 0 Å². The third kappa shape index (κ3) is 4.07. The van der Waals surface area contributed by atoms with Crippen molar-refractivity contribution in [1.82, 2.24) is 9.88 Å². The molecular weight excluding hydrogens is 256 g/mol. The van der Waals surface area contributed by atoms with Crippen molar-refractivity contribution < 1.29 is 14.7 Å². The second-order valence-electron chi connectivity index (χ2n) is 4.32. The van der Waals surface area contributed by atoms with Gasteiger partial charge in [0, 0.05) is 25.2 Å². The molecule has 5 nitrogen and oxygen atoms in total. The number of aliphatic carboxylic acids is 1.